The lowest BCUT2D eigenvalue weighted by Crippen LogP contribution is -2.43. The van der Waals surface area contributed by atoms with Gasteiger partial charge in [0.25, 0.3) is 0 Å². The molecule has 0 spiro atoms. The van der Waals surface area contributed by atoms with E-state index in [0.29, 0.717) is 6.04 Å². The summed E-state index contributed by atoms with van der Waals surface area (Å²) in [5, 5.41) is 0. The van der Waals surface area contributed by atoms with Gasteiger partial charge in [0.15, 0.2) is 0 Å². The van der Waals surface area contributed by atoms with Crippen LogP contribution in [0, 0.1) is 5.92 Å². The maximum atomic E-state index is 5.97. The van der Waals surface area contributed by atoms with Crippen molar-refractivity contribution in [2.75, 3.05) is 33.7 Å². The molecule has 2 N–H and O–H groups in total. The Bertz CT molecular complexity index is 209. The van der Waals surface area contributed by atoms with Crippen LogP contribution in [-0.4, -0.2) is 55.6 Å². The second-order valence-corrected chi connectivity index (χ2v) is 5.93. The molecule has 2 atom stereocenters. The first kappa shape index (κ1) is 12.3. The molecule has 0 aromatic carbocycles. The van der Waals surface area contributed by atoms with Gasteiger partial charge in [0, 0.05) is 18.6 Å². The normalized spacial score (nSPS) is 33.8. The predicted molar refractivity (Wildman–Crippen MR) is 68.5 cm³/mol. The van der Waals surface area contributed by atoms with E-state index in [-0.39, 0.29) is 0 Å². The summed E-state index contributed by atoms with van der Waals surface area (Å²) in [6.45, 7) is 3.87. The van der Waals surface area contributed by atoms with Gasteiger partial charge < -0.3 is 15.5 Å². The zero-order valence-electron chi connectivity index (χ0n) is 10.9. The first-order valence-corrected chi connectivity index (χ1v) is 6.79. The first-order chi connectivity index (χ1) is 7.65. The van der Waals surface area contributed by atoms with E-state index in [0.717, 1.165) is 12.0 Å². The van der Waals surface area contributed by atoms with Crippen LogP contribution in [0.4, 0.5) is 0 Å². The van der Waals surface area contributed by atoms with Crippen molar-refractivity contribution in [1.29, 1.82) is 0 Å². The Morgan fingerprint density at radius 2 is 1.81 bits per heavy atom. The van der Waals surface area contributed by atoms with Crippen LogP contribution < -0.4 is 5.73 Å². The first-order valence-electron chi connectivity index (χ1n) is 6.79. The maximum Gasteiger partial charge on any atom is 0.0113 e. The minimum atomic E-state index is 0.490. The highest BCUT2D eigenvalue weighted by Crippen LogP contribution is 2.26. The summed E-state index contributed by atoms with van der Waals surface area (Å²) >= 11 is 0. The Labute approximate surface area is 100.0 Å². The molecule has 0 amide bonds. The summed E-state index contributed by atoms with van der Waals surface area (Å²) in [6.07, 6.45) is 6.54. The average molecular weight is 225 g/mol. The molecule has 1 saturated carbocycles. The van der Waals surface area contributed by atoms with Gasteiger partial charge >= 0.3 is 0 Å². The minimum absolute atomic E-state index is 0.490. The zero-order chi connectivity index (χ0) is 11.5. The second kappa shape index (κ2) is 5.48. The number of rotatable bonds is 3. The molecule has 2 aliphatic rings. The summed E-state index contributed by atoms with van der Waals surface area (Å²) < 4.78 is 0. The van der Waals surface area contributed by atoms with Gasteiger partial charge in [0.05, 0.1) is 0 Å². The van der Waals surface area contributed by atoms with Crippen LogP contribution in [0.2, 0.25) is 0 Å². The standard InChI is InChI=1S/C13H27N3/c1-15(2)13-5-7-16(8-6-13)10-11-3-4-12(14)9-11/h11-13H,3-10,14H2,1-2H3. The van der Waals surface area contributed by atoms with E-state index in [4.69, 9.17) is 5.73 Å². The molecular weight excluding hydrogens is 198 g/mol. The lowest BCUT2D eigenvalue weighted by atomic mass is 10.0. The van der Waals surface area contributed by atoms with Crippen LogP contribution in [-0.2, 0) is 0 Å². The zero-order valence-corrected chi connectivity index (χ0v) is 10.9. The number of nitrogens with two attached hydrogens (primary N) is 1. The van der Waals surface area contributed by atoms with Gasteiger partial charge in [-0.3, -0.25) is 0 Å². The third-order valence-electron chi connectivity index (χ3n) is 4.39. The molecule has 16 heavy (non-hydrogen) atoms. The predicted octanol–water partition coefficient (Wildman–Crippen LogP) is 1.14. The van der Waals surface area contributed by atoms with Crippen molar-refractivity contribution >= 4 is 0 Å². The molecule has 2 unspecified atom stereocenters. The van der Waals surface area contributed by atoms with E-state index in [1.807, 2.05) is 0 Å². The van der Waals surface area contributed by atoms with Crippen LogP contribution in [0.5, 0.6) is 0 Å². The lowest BCUT2D eigenvalue weighted by Gasteiger charge is -2.36. The number of likely N-dealkylation sites (tertiary alicyclic amines) is 1. The van der Waals surface area contributed by atoms with Gasteiger partial charge in [-0.25, -0.2) is 0 Å². The topological polar surface area (TPSA) is 32.5 Å². The highest BCUT2D eigenvalue weighted by atomic mass is 15.2. The molecule has 1 saturated heterocycles. The Balaban J connectivity index is 1.69. The van der Waals surface area contributed by atoms with Crippen LogP contribution in [0.25, 0.3) is 0 Å². The van der Waals surface area contributed by atoms with Gasteiger partial charge in [0.2, 0.25) is 0 Å². The largest absolute Gasteiger partial charge is 0.328 e. The Hall–Kier alpha value is -0.120. The molecule has 0 aromatic rings. The molecule has 2 rings (SSSR count). The number of piperidine rings is 1. The van der Waals surface area contributed by atoms with Crippen molar-refractivity contribution in [1.82, 2.24) is 9.80 Å². The summed E-state index contributed by atoms with van der Waals surface area (Å²) in [6, 6.07) is 1.30. The fourth-order valence-corrected chi connectivity index (χ4v) is 3.26. The highest BCUT2D eigenvalue weighted by Gasteiger charge is 2.26. The Morgan fingerprint density at radius 3 is 2.31 bits per heavy atom. The highest BCUT2D eigenvalue weighted by molar-refractivity contribution is 4.83. The number of hydrogen-bond donors (Lipinski definition) is 1. The van der Waals surface area contributed by atoms with Crippen LogP contribution >= 0.6 is 0 Å². The minimum Gasteiger partial charge on any atom is -0.328 e. The van der Waals surface area contributed by atoms with E-state index in [9.17, 15) is 0 Å². The summed E-state index contributed by atoms with van der Waals surface area (Å²) in [7, 11) is 4.41. The molecule has 1 aliphatic heterocycles. The van der Waals surface area contributed by atoms with Crippen molar-refractivity contribution < 1.29 is 0 Å². The molecular formula is C13H27N3. The van der Waals surface area contributed by atoms with Gasteiger partial charge in [-0.2, -0.15) is 0 Å². The van der Waals surface area contributed by atoms with Crippen LogP contribution in [0.1, 0.15) is 32.1 Å². The van der Waals surface area contributed by atoms with Crippen molar-refractivity contribution in [3.05, 3.63) is 0 Å². The van der Waals surface area contributed by atoms with Crippen molar-refractivity contribution in [2.45, 2.75) is 44.2 Å². The molecule has 0 bridgehead atoms. The maximum absolute atomic E-state index is 5.97. The summed E-state index contributed by atoms with van der Waals surface area (Å²) in [5.74, 6) is 0.880. The SMILES string of the molecule is CN(C)C1CCN(CC2CCC(N)C2)CC1. The molecule has 0 radical (unpaired) electrons. The fraction of sp³-hybridized carbons (Fsp3) is 1.00. The van der Waals surface area contributed by atoms with E-state index in [1.165, 1.54) is 51.7 Å². The molecule has 1 heterocycles. The third-order valence-corrected chi connectivity index (χ3v) is 4.39. The average Bonchev–Trinajstić information content (AvgIpc) is 2.65. The van der Waals surface area contributed by atoms with Crippen molar-refractivity contribution in [2.24, 2.45) is 11.7 Å². The van der Waals surface area contributed by atoms with Gasteiger partial charge in [-0.15, -0.1) is 0 Å². The molecule has 3 heteroatoms. The van der Waals surface area contributed by atoms with E-state index >= 15 is 0 Å². The summed E-state index contributed by atoms with van der Waals surface area (Å²) in [5.41, 5.74) is 5.97. The molecule has 94 valence electrons. The third kappa shape index (κ3) is 3.19. The Kier molecular flexibility index (Phi) is 4.22. The monoisotopic (exact) mass is 225 g/mol. The van der Waals surface area contributed by atoms with E-state index in [2.05, 4.69) is 23.9 Å². The van der Waals surface area contributed by atoms with Crippen LogP contribution in [0.3, 0.4) is 0 Å². The smallest absolute Gasteiger partial charge is 0.0113 e. The number of nitrogens with zero attached hydrogens (tertiary/aromatic N) is 2. The number of hydrogen-bond acceptors (Lipinski definition) is 3. The Morgan fingerprint density at radius 1 is 1.12 bits per heavy atom. The fourth-order valence-electron chi connectivity index (χ4n) is 3.26. The van der Waals surface area contributed by atoms with Gasteiger partial charge in [0.1, 0.15) is 0 Å². The molecule has 3 nitrogen and oxygen atoms in total. The molecule has 2 fully saturated rings. The second-order valence-electron chi connectivity index (χ2n) is 5.93. The lowest BCUT2D eigenvalue weighted by molar-refractivity contribution is 0.130. The van der Waals surface area contributed by atoms with Gasteiger partial charge in [-0.05, 0) is 65.2 Å². The van der Waals surface area contributed by atoms with E-state index in [1.54, 1.807) is 0 Å². The van der Waals surface area contributed by atoms with Crippen LogP contribution in [0.15, 0.2) is 0 Å². The molecule has 1 aliphatic carbocycles. The van der Waals surface area contributed by atoms with Crippen molar-refractivity contribution in [3.63, 3.8) is 0 Å². The van der Waals surface area contributed by atoms with Gasteiger partial charge in [-0.1, -0.05) is 0 Å². The quantitative estimate of drug-likeness (QED) is 0.782. The van der Waals surface area contributed by atoms with Crippen molar-refractivity contribution in [3.8, 4) is 0 Å². The summed E-state index contributed by atoms with van der Waals surface area (Å²) in [4.78, 5) is 5.03. The molecule has 0 aromatic heterocycles. The van der Waals surface area contributed by atoms with E-state index < -0.39 is 0 Å².